The molecule has 0 bridgehead atoms. The van der Waals surface area contributed by atoms with Crippen molar-refractivity contribution in [1.29, 1.82) is 0 Å². The maximum absolute atomic E-state index is 11.1. The number of hydrogen-bond donors (Lipinski definition) is 3. The lowest BCUT2D eigenvalue weighted by atomic mass is 10.7. The third-order valence-electron chi connectivity index (χ3n) is 1.83. The van der Waals surface area contributed by atoms with Crippen molar-refractivity contribution in [2.75, 3.05) is 12.8 Å². The predicted molar refractivity (Wildman–Crippen MR) is 54.8 cm³/mol. The first-order valence-corrected chi connectivity index (χ1v) is 5.85. The van der Waals surface area contributed by atoms with Crippen molar-refractivity contribution in [3.05, 3.63) is 31.5 Å². The van der Waals surface area contributed by atoms with Crippen LogP contribution >= 0.6 is 0 Å². The second kappa shape index (κ2) is 4.45. The van der Waals surface area contributed by atoms with Crippen LogP contribution in [0, 0.1) is 0 Å². The lowest BCUT2D eigenvalue weighted by Crippen LogP contribution is -2.44. The molecule has 0 aromatic carbocycles. The molecule has 16 heavy (non-hydrogen) atoms. The zero-order valence-corrected chi connectivity index (χ0v) is 9.13. The van der Waals surface area contributed by atoms with Gasteiger partial charge in [-0.15, -0.1) is 0 Å². The number of aromatic nitrogens is 3. The molecular formula is C6H10N4O5S. The quantitative estimate of drug-likeness (QED) is 0.516. The van der Waals surface area contributed by atoms with Gasteiger partial charge in [0.05, 0.1) is 5.75 Å². The predicted octanol–water partition coefficient (Wildman–Crippen LogP) is -3.23. The Labute approximate surface area is 89.2 Å². The minimum Gasteiger partial charge on any atom is -0.259 e. The van der Waals surface area contributed by atoms with Crippen LogP contribution in [0.15, 0.2) is 14.4 Å². The maximum atomic E-state index is 11.1. The smallest absolute Gasteiger partial charge is 0.259 e. The molecule has 0 saturated heterocycles. The minimum absolute atomic E-state index is 0.339. The zero-order chi connectivity index (χ0) is 12.3. The summed E-state index contributed by atoms with van der Waals surface area (Å²) in [5.74, 6) is -0.432. The Bertz CT molecular complexity index is 602. The molecule has 1 aromatic heterocycles. The monoisotopic (exact) mass is 250 g/mol. The van der Waals surface area contributed by atoms with E-state index < -0.39 is 32.8 Å². The highest BCUT2D eigenvalue weighted by Crippen LogP contribution is 1.82. The van der Waals surface area contributed by atoms with Crippen molar-refractivity contribution in [2.24, 2.45) is 0 Å². The number of H-pyrrole nitrogens is 2. The highest BCUT2D eigenvalue weighted by atomic mass is 32.2. The van der Waals surface area contributed by atoms with Gasteiger partial charge in [0.1, 0.15) is 0 Å². The van der Waals surface area contributed by atoms with Crippen LogP contribution in [0.1, 0.15) is 0 Å². The minimum atomic E-state index is -3.52. The zero-order valence-electron chi connectivity index (χ0n) is 8.31. The van der Waals surface area contributed by atoms with Gasteiger partial charge in [-0.05, 0) is 7.05 Å². The SMILES string of the molecule is CNS(=O)(=O)CCn1c(=O)[nH]c(=O)[nH]c1=O. The number of hydrogen-bond acceptors (Lipinski definition) is 5. The van der Waals surface area contributed by atoms with E-state index in [1.165, 1.54) is 7.05 Å². The van der Waals surface area contributed by atoms with Gasteiger partial charge < -0.3 is 0 Å². The molecule has 0 aliphatic rings. The molecule has 0 radical (unpaired) electrons. The number of aromatic amines is 2. The van der Waals surface area contributed by atoms with Crippen LogP contribution in [0.5, 0.6) is 0 Å². The highest BCUT2D eigenvalue weighted by molar-refractivity contribution is 7.89. The van der Waals surface area contributed by atoms with Crippen LogP contribution in [0.4, 0.5) is 0 Å². The topological polar surface area (TPSA) is 134 Å². The summed E-state index contributed by atoms with van der Waals surface area (Å²) in [4.78, 5) is 36.6. The molecule has 0 aliphatic carbocycles. The molecule has 0 amide bonds. The van der Waals surface area contributed by atoms with Gasteiger partial charge in [0.25, 0.3) is 0 Å². The lowest BCUT2D eigenvalue weighted by molar-refractivity contribution is 0.571. The Morgan fingerprint density at radius 3 is 2.12 bits per heavy atom. The van der Waals surface area contributed by atoms with E-state index >= 15 is 0 Å². The molecule has 3 N–H and O–H groups in total. The number of nitrogens with one attached hydrogen (secondary N) is 3. The Kier molecular flexibility index (Phi) is 3.44. The van der Waals surface area contributed by atoms with E-state index in [2.05, 4.69) is 0 Å². The fourth-order valence-corrected chi connectivity index (χ4v) is 1.60. The van der Waals surface area contributed by atoms with Crippen molar-refractivity contribution in [3.8, 4) is 0 Å². The van der Waals surface area contributed by atoms with E-state index in [0.717, 1.165) is 0 Å². The van der Waals surface area contributed by atoms with Crippen LogP contribution in [0.2, 0.25) is 0 Å². The van der Waals surface area contributed by atoms with E-state index in [1.807, 2.05) is 14.7 Å². The van der Waals surface area contributed by atoms with Crippen molar-refractivity contribution >= 4 is 10.0 Å². The summed E-state index contributed by atoms with van der Waals surface area (Å²) in [5.41, 5.74) is -2.82. The Morgan fingerprint density at radius 2 is 1.69 bits per heavy atom. The molecule has 0 atom stereocenters. The van der Waals surface area contributed by atoms with Crippen molar-refractivity contribution in [3.63, 3.8) is 0 Å². The molecule has 0 fully saturated rings. The van der Waals surface area contributed by atoms with E-state index in [-0.39, 0.29) is 6.54 Å². The van der Waals surface area contributed by atoms with Crippen molar-refractivity contribution in [2.45, 2.75) is 6.54 Å². The normalized spacial score (nSPS) is 11.6. The third-order valence-corrected chi connectivity index (χ3v) is 3.17. The molecule has 0 unspecified atom stereocenters. The van der Waals surface area contributed by atoms with Gasteiger partial charge in [-0.1, -0.05) is 0 Å². The molecular weight excluding hydrogens is 240 g/mol. The highest BCUT2D eigenvalue weighted by Gasteiger charge is 2.10. The van der Waals surface area contributed by atoms with E-state index in [1.54, 1.807) is 0 Å². The van der Waals surface area contributed by atoms with Gasteiger partial charge in [0.15, 0.2) is 0 Å². The summed E-state index contributed by atoms with van der Waals surface area (Å²) < 4.78 is 24.7. The largest absolute Gasteiger partial charge is 0.333 e. The summed E-state index contributed by atoms with van der Waals surface area (Å²) in [5, 5.41) is 0. The second-order valence-corrected chi connectivity index (χ2v) is 4.91. The maximum Gasteiger partial charge on any atom is 0.333 e. The van der Waals surface area contributed by atoms with Gasteiger partial charge in [-0.3, -0.25) is 9.97 Å². The van der Waals surface area contributed by atoms with Crippen LogP contribution in [0.3, 0.4) is 0 Å². The van der Waals surface area contributed by atoms with Gasteiger partial charge in [0.2, 0.25) is 10.0 Å². The molecule has 1 aromatic rings. The molecule has 10 heteroatoms. The van der Waals surface area contributed by atoms with Crippen molar-refractivity contribution < 1.29 is 8.42 Å². The van der Waals surface area contributed by atoms with Crippen LogP contribution in [-0.4, -0.2) is 35.8 Å². The average Bonchev–Trinajstić information content (AvgIpc) is 2.16. The lowest BCUT2D eigenvalue weighted by Gasteiger charge is -2.03. The van der Waals surface area contributed by atoms with Gasteiger partial charge in [0, 0.05) is 6.54 Å². The molecule has 9 nitrogen and oxygen atoms in total. The summed E-state index contributed by atoms with van der Waals surface area (Å²) >= 11 is 0. The van der Waals surface area contributed by atoms with Gasteiger partial charge in [-0.2, -0.15) is 0 Å². The summed E-state index contributed by atoms with van der Waals surface area (Å²) in [6, 6.07) is 0. The first-order valence-electron chi connectivity index (χ1n) is 4.20. The Morgan fingerprint density at radius 1 is 1.19 bits per heavy atom. The Hall–Kier alpha value is -1.68. The van der Waals surface area contributed by atoms with E-state index in [4.69, 9.17) is 0 Å². The van der Waals surface area contributed by atoms with Gasteiger partial charge >= 0.3 is 17.1 Å². The fourth-order valence-electron chi connectivity index (χ4n) is 0.969. The molecule has 0 saturated carbocycles. The first-order chi connectivity index (χ1) is 7.35. The van der Waals surface area contributed by atoms with Crippen LogP contribution in [-0.2, 0) is 16.6 Å². The standard InChI is InChI=1S/C6H10N4O5S/c1-7-16(14,15)3-2-10-5(12)8-4(11)9-6(10)13/h7H,2-3H2,1H3,(H2,8,9,11,12,13). The summed E-state index contributed by atoms with van der Waals surface area (Å²) in [6.07, 6.45) is 0. The molecule has 90 valence electrons. The first kappa shape index (κ1) is 12.4. The van der Waals surface area contributed by atoms with E-state index in [0.29, 0.717) is 4.57 Å². The summed E-state index contributed by atoms with van der Waals surface area (Å²) in [7, 11) is -2.30. The fraction of sp³-hybridized carbons (Fsp3) is 0.500. The molecule has 0 spiro atoms. The Balaban J connectivity index is 3.05. The number of nitrogens with zero attached hydrogens (tertiary/aromatic N) is 1. The number of rotatable bonds is 4. The van der Waals surface area contributed by atoms with Gasteiger partial charge in [-0.25, -0.2) is 32.1 Å². The summed E-state index contributed by atoms with van der Waals surface area (Å²) in [6.45, 7) is -0.339. The second-order valence-electron chi connectivity index (χ2n) is 2.86. The van der Waals surface area contributed by atoms with Crippen molar-refractivity contribution in [1.82, 2.24) is 19.3 Å². The third kappa shape index (κ3) is 2.90. The molecule has 0 aliphatic heterocycles. The molecule has 1 heterocycles. The van der Waals surface area contributed by atoms with Crippen LogP contribution < -0.4 is 21.8 Å². The number of sulfonamides is 1. The average molecular weight is 250 g/mol. The van der Waals surface area contributed by atoms with Crippen LogP contribution in [0.25, 0.3) is 0 Å². The molecule has 1 rings (SSSR count). The van der Waals surface area contributed by atoms with E-state index in [9.17, 15) is 22.8 Å².